The number of aromatic nitrogens is 3. The predicted molar refractivity (Wildman–Crippen MR) is 151 cm³/mol. The Balaban J connectivity index is 1.11. The summed E-state index contributed by atoms with van der Waals surface area (Å²) in [7, 11) is 0. The average molecular weight is 558 g/mol. The number of rotatable bonds is 9. The minimum absolute atomic E-state index is 0.146. The van der Waals surface area contributed by atoms with Gasteiger partial charge in [-0.15, -0.1) is 11.3 Å². The van der Waals surface area contributed by atoms with Gasteiger partial charge in [-0.3, -0.25) is 4.90 Å². The highest BCUT2D eigenvalue weighted by Gasteiger charge is 2.26. The number of aryl methyl sites for hydroxylation is 1. The van der Waals surface area contributed by atoms with Gasteiger partial charge in [-0.25, -0.2) is 14.8 Å². The van der Waals surface area contributed by atoms with Crippen LogP contribution >= 0.6 is 11.3 Å². The second-order valence-corrected chi connectivity index (χ2v) is 11.6. The normalized spacial score (nSPS) is 17.9. The van der Waals surface area contributed by atoms with Crippen LogP contribution in [0.4, 0.5) is 0 Å². The maximum atomic E-state index is 11.6. The number of hydrogen-bond donors (Lipinski definition) is 1. The van der Waals surface area contributed by atoms with Crippen molar-refractivity contribution < 1.29 is 19.4 Å². The van der Waals surface area contributed by atoms with E-state index in [1.54, 1.807) is 18.2 Å². The molecule has 206 valence electrons. The average Bonchev–Trinajstić information content (AvgIpc) is 3.48. The summed E-state index contributed by atoms with van der Waals surface area (Å²) >= 11 is 1.46. The number of aromatic carboxylic acids is 1. The summed E-state index contributed by atoms with van der Waals surface area (Å²) in [6, 6.07) is 15.2. The molecule has 2 saturated heterocycles. The molecular weight excluding hydrogens is 526 g/mol. The Morgan fingerprint density at radius 3 is 2.73 bits per heavy atom. The Bertz CT molecular complexity index is 1580. The molecule has 2 aliphatic rings. The molecule has 3 aromatic heterocycles. The second kappa shape index (κ2) is 11.4. The number of carboxylic acids is 1. The molecule has 2 fully saturated rings. The van der Waals surface area contributed by atoms with Crippen LogP contribution in [-0.4, -0.2) is 56.3 Å². The molecule has 0 radical (unpaired) electrons. The topological polar surface area (TPSA) is 114 Å². The van der Waals surface area contributed by atoms with Gasteiger partial charge in [-0.2, -0.15) is 5.26 Å². The van der Waals surface area contributed by atoms with E-state index in [4.69, 9.17) is 24.7 Å². The van der Waals surface area contributed by atoms with Crippen molar-refractivity contribution in [3.63, 3.8) is 0 Å². The van der Waals surface area contributed by atoms with E-state index in [2.05, 4.69) is 21.6 Å². The van der Waals surface area contributed by atoms with Crippen LogP contribution in [0, 0.1) is 18.3 Å². The van der Waals surface area contributed by atoms with E-state index in [1.807, 2.05) is 25.1 Å². The second-order valence-electron chi connectivity index (χ2n) is 10.5. The largest absolute Gasteiger partial charge is 0.478 e. The third-order valence-corrected chi connectivity index (χ3v) is 8.97. The molecule has 40 heavy (non-hydrogen) atoms. The van der Waals surface area contributed by atoms with E-state index < -0.39 is 5.97 Å². The number of carbonyl (C=O) groups is 1. The lowest BCUT2D eigenvalue weighted by Crippen LogP contribution is -2.35. The Hall–Kier alpha value is -3.78. The number of nitrogens with zero attached hydrogens (tertiary/aromatic N) is 5. The minimum atomic E-state index is -0.934. The van der Waals surface area contributed by atoms with Gasteiger partial charge in [-0.05, 0) is 75.2 Å². The number of likely N-dealkylation sites (tertiary alicyclic amines) is 1. The van der Waals surface area contributed by atoms with Gasteiger partial charge >= 0.3 is 5.97 Å². The molecule has 2 aliphatic heterocycles. The summed E-state index contributed by atoms with van der Waals surface area (Å²) in [6.45, 7) is 6.42. The highest BCUT2D eigenvalue weighted by Crippen LogP contribution is 2.30. The number of carboxylic acid groups (broad SMARTS) is 1. The fourth-order valence-corrected chi connectivity index (χ4v) is 6.33. The maximum Gasteiger partial charge on any atom is 0.335 e. The zero-order valence-corrected chi connectivity index (χ0v) is 23.2. The molecule has 0 aliphatic carbocycles. The number of piperidine rings is 1. The summed E-state index contributed by atoms with van der Waals surface area (Å²) in [5.41, 5.74) is 4.06. The number of nitriles is 1. The van der Waals surface area contributed by atoms with Crippen LogP contribution in [0.2, 0.25) is 0 Å². The summed E-state index contributed by atoms with van der Waals surface area (Å²) in [4.78, 5) is 25.4. The molecule has 5 heterocycles. The monoisotopic (exact) mass is 557 g/mol. The van der Waals surface area contributed by atoms with Crippen LogP contribution < -0.4 is 4.74 Å². The number of fused-ring (bicyclic) bond motifs is 1. The van der Waals surface area contributed by atoms with Crippen molar-refractivity contribution in [3.05, 3.63) is 74.9 Å². The third-order valence-electron chi connectivity index (χ3n) is 7.85. The van der Waals surface area contributed by atoms with Crippen molar-refractivity contribution in [1.82, 2.24) is 19.4 Å². The van der Waals surface area contributed by atoms with Crippen LogP contribution in [0.3, 0.4) is 0 Å². The first-order valence-corrected chi connectivity index (χ1v) is 14.4. The van der Waals surface area contributed by atoms with Crippen LogP contribution in [-0.2, 0) is 24.4 Å². The molecule has 0 bridgehead atoms. The predicted octanol–water partition coefficient (Wildman–Crippen LogP) is 5.12. The molecule has 4 aromatic rings. The standard InChI is InChI=1S/C30H31N5O4S/c1-19-13-23(15-31)40-27(19)18-39-29-4-2-3-24(33-29)20-7-10-34(11-8-20)17-28-32-25-6-5-21(30(36)37)14-26(25)35(28)16-22-9-12-38-22/h2-6,13-14,20,22H,7-12,16-18H2,1H3,(H,36,37). The smallest absolute Gasteiger partial charge is 0.335 e. The van der Waals surface area contributed by atoms with Gasteiger partial charge in [0.05, 0.1) is 35.8 Å². The summed E-state index contributed by atoms with van der Waals surface area (Å²) in [5.74, 6) is 0.979. The maximum absolute atomic E-state index is 11.6. The molecule has 1 aromatic carbocycles. The fourth-order valence-electron chi connectivity index (χ4n) is 5.45. The zero-order valence-electron chi connectivity index (χ0n) is 22.4. The van der Waals surface area contributed by atoms with E-state index >= 15 is 0 Å². The fraction of sp³-hybridized carbons (Fsp3) is 0.400. The SMILES string of the molecule is Cc1cc(C#N)sc1COc1cccc(C2CCN(Cc3nc4ccc(C(=O)O)cc4n3CC3CCO3)CC2)n1. The Kier molecular flexibility index (Phi) is 7.52. The molecule has 0 spiro atoms. The molecule has 0 saturated carbocycles. The van der Waals surface area contributed by atoms with Crippen LogP contribution in [0.1, 0.15) is 62.4 Å². The van der Waals surface area contributed by atoms with Gasteiger partial charge in [0.2, 0.25) is 5.88 Å². The zero-order chi connectivity index (χ0) is 27.6. The van der Waals surface area contributed by atoms with E-state index in [-0.39, 0.29) is 11.7 Å². The molecule has 6 rings (SSSR count). The first-order valence-electron chi connectivity index (χ1n) is 13.6. The van der Waals surface area contributed by atoms with Gasteiger partial charge in [0.15, 0.2) is 0 Å². The van der Waals surface area contributed by atoms with Crippen molar-refractivity contribution in [2.45, 2.75) is 57.9 Å². The van der Waals surface area contributed by atoms with Gasteiger partial charge < -0.3 is 19.1 Å². The Labute approximate surface area is 236 Å². The lowest BCUT2D eigenvalue weighted by molar-refractivity contribution is -0.0592. The molecule has 0 amide bonds. The lowest BCUT2D eigenvalue weighted by Gasteiger charge is -2.32. The molecule has 10 heteroatoms. The van der Waals surface area contributed by atoms with Crippen LogP contribution in [0.15, 0.2) is 42.5 Å². The number of imidazole rings is 1. The van der Waals surface area contributed by atoms with Crippen LogP contribution in [0.5, 0.6) is 5.88 Å². The molecule has 1 unspecified atom stereocenters. The Morgan fingerprint density at radius 2 is 2.02 bits per heavy atom. The van der Waals surface area contributed by atoms with E-state index in [1.165, 1.54) is 11.3 Å². The minimum Gasteiger partial charge on any atom is -0.478 e. The van der Waals surface area contributed by atoms with Crippen molar-refractivity contribution in [2.24, 2.45) is 0 Å². The van der Waals surface area contributed by atoms with Crippen molar-refractivity contribution >= 4 is 28.3 Å². The quantitative estimate of drug-likeness (QED) is 0.302. The highest BCUT2D eigenvalue weighted by atomic mass is 32.1. The number of pyridine rings is 1. The Morgan fingerprint density at radius 1 is 1.20 bits per heavy atom. The van der Waals surface area contributed by atoms with Gasteiger partial charge in [0, 0.05) is 29.2 Å². The number of ether oxygens (including phenoxy) is 2. The number of benzene rings is 1. The number of thiophene rings is 1. The van der Waals surface area contributed by atoms with Gasteiger partial charge in [0.25, 0.3) is 0 Å². The third kappa shape index (κ3) is 5.59. The van der Waals surface area contributed by atoms with Crippen molar-refractivity contribution in [2.75, 3.05) is 19.7 Å². The molecule has 1 N–H and O–H groups in total. The lowest BCUT2D eigenvalue weighted by atomic mass is 9.93. The summed E-state index contributed by atoms with van der Waals surface area (Å²) in [6.07, 6.45) is 3.13. The summed E-state index contributed by atoms with van der Waals surface area (Å²) < 4.78 is 13.8. The number of hydrogen-bond acceptors (Lipinski definition) is 8. The van der Waals surface area contributed by atoms with Gasteiger partial charge in [0.1, 0.15) is 23.4 Å². The van der Waals surface area contributed by atoms with Crippen LogP contribution in [0.25, 0.3) is 11.0 Å². The highest BCUT2D eigenvalue weighted by molar-refractivity contribution is 7.12. The van der Waals surface area contributed by atoms with E-state index in [0.29, 0.717) is 36.4 Å². The summed E-state index contributed by atoms with van der Waals surface area (Å²) in [5, 5.41) is 18.6. The van der Waals surface area contributed by atoms with Crippen molar-refractivity contribution in [1.29, 1.82) is 5.26 Å². The van der Waals surface area contributed by atoms with Crippen molar-refractivity contribution in [3.8, 4) is 11.9 Å². The van der Waals surface area contributed by atoms with E-state index in [0.717, 1.165) is 72.0 Å². The first-order chi connectivity index (χ1) is 19.5. The van der Waals surface area contributed by atoms with Gasteiger partial charge in [-0.1, -0.05) is 6.07 Å². The molecule has 1 atom stereocenters. The van der Waals surface area contributed by atoms with E-state index in [9.17, 15) is 9.90 Å². The first kappa shape index (κ1) is 26.4. The molecule has 9 nitrogen and oxygen atoms in total. The molecular formula is C30H31N5O4S.